The highest BCUT2D eigenvalue weighted by atomic mass is 35.5. The number of carbonyl (C=O) groups excluding carboxylic acids is 1. The summed E-state index contributed by atoms with van der Waals surface area (Å²) in [6, 6.07) is 11.2. The lowest BCUT2D eigenvalue weighted by Gasteiger charge is -2.12. The minimum Gasteiger partial charge on any atom is -0.385 e. The molecule has 0 bridgehead atoms. The van der Waals surface area contributed by atoms with E-state index >= 15 is 0 Å². The lowest BCUT2D eigenvalue weighted by molar-refractivity contribution is 0.102. The zero-order valence-corrected chi connectivity index (χ0v) is 13.2. The Morgan fingerprint density at radius 3 is 2.52 bits per heavy atom. The maximum absolute atomic E-state index is 12.3. The van der Waals surface area contributed by atoms with Crippen LogP contribution in [-0.4, -0.2) is 12.5 Å². The number of para-hydroxylation sites is 1. The molecule has 4 heteroatoms. The highest BCUT2D eigenvalue weighted by molar-refractivity contribution is 6.34. The molecule has 2 aromatic carbocycles. The number of carbonyl (C=O) groups is 1. The van der Waals surface area contributed by atoms with Gasteiger partial charge >= 0.3 is 0 Å². The monoisotopic (exact) mass is 302 g/mol. The van der Waals surface area contributed by atoms with Crippen molar-refractivity contribution in [3.8, 4) is 0 Å². The van der Waals surface area contributed by atoms with Gasteiger partial charge in [0, 0.05) is 17.8 Å². The van der Waals surface area contributed by atoms with E-state index in [1.165, 1.54) is 0 Å². The van der Waals surface area contributed by atoms with Gasteiger partial charge in [0.1, 0.15) is 0 Å². The van der Waals surface area contributed by atoms with Gasteiger partial charge in [-0.25, -0.2) is 0 Å². The van der Waals surface area contributed by atoms with E-state index < -0.39 is 0 Å². The molecule has 0 fully saturated rings. The number of hydrogen-bond donors (Lipinski definition) is 2. The highest BCUT2D eigenvalue weighted by Crippen LogP contribution is 2.26. The number of nitrogens with one attached hydrogen (secondary N) is 2. The summed E-state index contributed by atoms with van der Waals surface area (Å²) in [5.74, 6) is -0.155. The Kier molecular flexibility index (Phi) is 4.86. The van der Waals surface area contributed by atoms with Crippen LogP contribution in [-0.2, 0) is 0 Å². The van der Waals surface area contributed by atoms with Crippen molar-refractivity contribution < 1.29 is 4.79 Å². The Bertz CT molecular complexity index is 648. The molecule has 0 atom stereocenters. The molecule has 2 aromatic rings. The number of rotatable bonds is 4. The Morgan fingerprint density at radius 1 is 1.14 bits per heavy atom. The molecule has 21 heavy (non-hydrogen) atoms. The van der Waals surface area contributed by atoms with Crippen LogP contribution in [0.25, 0.3) is 0 Å². The van der Waals surface area contributed by atoms with E-state index in [-0.39, 0.29) is 5.91 Å². The van der Waals surface area contributed by atoms with E-state index in [2.05, 4.69) is 10.6 Å². The second-order valence-electron chi connectivity index (χ2n) is 4.95. The summed E-state index contributed by atoms with van der Waals surface area (Å²) in [5, 5.41) is 6.68. The molecular formula is C17H19ClN2O. The van der Waals surface area contributed by atoms with E-state index in [1.54, 1.807) is 6.07 Å². The van der Waals surface area contributed by atoms with Gasteiger partial charge in [0.05, 0.1) is 10.7 Å². The van der Waals surface area contributed by atoms with E-state index in [9.17, 15) is 4.79 Å². The normalized spacial score (nSPS) is 10.3. The molecule has 0 unspecified atom stereocenters. The SMILES string of the molecule is CCNc1ccc(C(=O)Nc2c(C)cccc2Cl)cc1C. The number of aryl methyl sites for hydroxylation is 2. The molecule has 2 rings (SSSR count). The first kappa shape index (κ1) is 15.4. The Hall–Kier alpha value is -2.00. The van der Waals surface area contributed by atoms with Crippen LogP contribution in [0.5, 0.6) is 0 Å². The molecule has 0 aromatic heterocycles. The second-order valence-corrected chi connectivity index (χ2v) is 5.35. The van der Waals surface area contributed by atoms with Crippen molar-refractivity contribution in [2.75, 3.05) is 17.2 Å². The zero-order chi connectivity index (χ0) is 15.4. The first-order valence-corrected chi connectivity index (χ1v) is 7.31. The van der Waals surface area contributed by atoms with Crippen LogP contribution >= 0.6 is 11.6 Å². The van der Waals surface area contributed by atoms with Gasteiger partial charge in [0.2, 0.25) is 0 Å². The fourth-order valence-electron chi connectivity index (χ4n) is 2.17. The Labute approximate surface area is 130 Å². The summed E-state index contributed by atoms with van der Waals surface area (Å²) in [5.41, 5.74) is 4.31. The van der Waals surface area contributed by atoms with Gasteiger partial charge in [0.15, 0.2) is 0 Å². The molecule has 0 spiro atoms. The summed E-state index contributed by atoms with van der Waals surface area (Å²) < 4.78 is 0. The lowest BCUT2D eigenvalue weighted by Crippen LogP contribution is -2.13. The number of halogens is 1. The zero-order valence-electron chi connectivity index (χ0n) is 12.5. The standard InChI is InChI=1S/C17H19ClN2O/c1-4-19-15-9-8-13(10-12(15)3)17(21)20-16-11(2)6-5-7-14(16)18/h5-10,19H,4H2,1-3H3,(H,20,21). The first-order valence-electron chi connectivity index (χ1n) is 6.94. The predicted octanol–water partition coefficient (Wildman–Crippen LogP) is 4.64. The summed E-state index contributed by atoms with van der Waals surface area (Å²) in [6.45, 7) is 6.79. The van der Waals surface area contributed by atoms with E-state index in [4.69, 9.17) is 11.6 Å². The molecule has 0 aliphatic rings. The second kappa shape index (κ2) is 6.64. The van der Waals surface area contributed by atoms with Crippen LogP contribution < -0.4 is 10.6 Å². The quantitative estimate of drug-likeness (QED) is 0.863. The molecule has 0 aliphatic carbocycles. The van der Waals surface area contributed by atoms with Crippen molar-refractivity contribution in [2.24, 2.45) is 0 Å². The van der Waals surface area contributed by atoms with Crippen LogP contribution in [0.1, 0.15) is 28.4 Å². The average molecular weight is 303 g/mol. The van der Waals surface area contributed by atoms with Crippen molar-refractivity contribution in [1.29, 1.82) is 0 Å². The van der Waals surface area contributed by atoms with E-state index in [0.717, 1.165) is 23.4 Å². The summed E-state index contributed by atoms with van der Waals surface area (Å²) in [7, 11) is 0. The molecule has 0 saturated heterocycles. The fourth-order valence-corrected chi connectivity index (χ4v) is 2.44. The third-order valence-electron chi connectivity index (χ3n) is 3.32. The Morgan fingerprint density at radius 2 is 1.90 bits per heavy atom. The minimum atomic E-state index is -0.155. The number of amides is 1. The van der Waals surface area contributed by atoms with Gasteiger partial charge in [0.25, 0.3) is 5.91 Å². The minimum absolute atomic E-state index is 0.155. The summed E-state index contributed by atoms with van der Waals surface area (Å²) in [6.07, 6.45) is 0. The van der Waals surface area contributed by atoms with Crippen molar-refractivity contribution in [3.63, 3.8) is 0 Å². The molecule has 3 nitrogen and oxygen atoms in total. The highest BCUT2D eigenvalue weighted by Gasteiger charge is 2.11. The first-order chi connectivity index (χ1) is 10.0. The maximum Gasteiger partial charge on any atom is 0.255 e. The number of hydrogen-bond acceptors (Lipinski definition) is 2. The smallest absolute Gasteiger partial charge is 0.255 e. The van der Waals surface area contributed by atoms with Crippen molar-refractivity contribution >= 4 is 28.9 Å². The molecule has 110 valence electrons. The topological polar surface area (TPSA) is 41.1 Å². The van der Waals surface area contributed by atoms with Crippen LogP contribution in [0.3, 0.4) is 0 Å². The molecule has 1 amide bonds. The van der Waals surface area contributed by atoms with Gasteiger partial charge < -0.3 is 10.6 Å². The Balaban J connectivity index is 2.23. The van der Waals surface area contributed by atoms with E-state index in [1.807, 2.05) is 51.1 Å². The van der Waals surface area contributed by atoms with Gasteiger partial charge in [-0.15, -0.1) is 0 Å². The molecular weight excluding hydrogens is 284 g/mol. The number of anilines is 2. The molecule has 0 radical (unpaired) electrons. The van der Waals surface area contributed by atoms with E-state index in [0.29, 0.717) is 16.3 Å². The fraction of sp³-hybridized carbons (Fsp3) is 0.235. The summed E-state index contributed by atoms with van der Waals surface area (Å²) in [4.78, 5) is 12.3. The van der Waals surface area contributed by atoms with Crippen LogP contribution in [0, 0.1) is 13.8 Å². The molecule has 2 N–H and O–H groups in total. The molecule has 0 aliphatic heterocycles. The molecule has 0 saturated carbocycles. The number of benzene rings is 2. The van der Waals surface area contributed by atoms with Crippen molar-refractivity contribution in [3.05, 3.63) is 58.1 Å². The lowest BCUT2D eigenvalue weighted by atomic mass is 10.1. The third-order valence-corrected chi connectivity index (χ3v) is 3.63. The largest absolute Gasteiger partial charge is 0.385 e. The van der Waals surface area contributed by atoms with Gasteiger partial charge in [-0.1, -0.05) is 23.7 Å². The third kappa shape index (κ3) is 3.56. The van der Waals surface area contributed by atoms with Gasteiger partial charge in [-0.05, 0) is 56.2 Å². The van der Waals surface area contributed by atoms with Crippen molar-refractivity contribution in [1.82, 2.24) is 0 Å². The van der Waals surface area contributed by atoms with Gasteiger partial charge in [-0.2, -0.15) is 0 Å². The predicted molar refractivity (Wildman–Crippen MR) is 89.5 cm³/mol. The van der Waals surface area contributed by atoms with Crippen LogP contribution in [0.2, 0.25) is 5.02 Å². The molecule has 0 heterocycles. The summed E-state index contributed by atoms with van der Waals surface area (Å²) >= 11 is 6.13. The van der Waals surface area contributed by atoms with Crippen LogP contribution in [0.4, 0.5) is 11.4 Å². The van der Waals surface area contributed by atoms with Crippen LogP contribution in [0.15, 0.2) is 36.4 Å². The maximum atomic E-state index is 12.3. The van der Waals surface area contributed by atoms with Crippen molar-refractivity contribution in [2.45, 2.75) is 20.8 Å². The van der Waals surface area contributed by atoms with Gasteiger partial charge in [-0.3, -0.25) is 4.79 Å². The average Bonchev–Trinajstić information content (AvgIpc) is 2.45.